The van der Waals surface area contributed by atoms with Gasteiger partial charge in [-0.1, -0.05) is 62.2 Å². The Morgan fingerprint density at radius 3 is 2.00 bits per heavy atom. The Hall–Kier alpha value is -1.65. The lowest BCUT2D eigenvalue weighted by atomic mass is 9.97. The molecule has 0 atom stereocenters. The van der Waals surface area contributed by atoms with Crippen molar-refractivity contribution in [3.05, 3.63) is 58.5 Å². The van der Waals surface area contributed by atoms with Gasteiger partial charge in [-0.25, -0.2) is 4.79 Å². The highest BCUT2D eigenvalue weighted by atomic mass is 79.9. The number of halogens is 2. The van der Waals surface area contributed by atoms with Crippen LogP contribution in [0.4, 0.5) is 0 Å². The first-order valence-corrected chi connectivity index (χ1v) is 8.48. The van der Waals surface area contributed by atoms with Gasteiger partial charge in [0.25, 0.3) is 0 Å². The van der Waals surface area contributed by atoms with E-state index in [1.807, 2.05) is 34.2 Å². The lowest BCUT2D eigenvalue weighted by Gasteiger charge is -2.08. The van der Waals surface area contributed by atoms with Gasteiger partial charge in [0.1, 0.15) is 0 Å². The molecule has 0 saturated heterocycles. The number of carbonyl (C=O) groups excluding carboxylic acids is 1. The minimum absolute atomic E-state index is 0.333. The quantitative estimate of drug-likeness (QED) is 0.439. The lowest BCUT2D eigenvalue weighted by Crippen LogP contribution is -2.14. The predicted octanol–water partition coefficient (Wildman–Crippen LogP) is 4.05. The largest absolute Gasteiger partial charge is 0.465 e. The van der Waals surface area contributed by atoms with Crippen LogP contribution in [0.3, 0.4) is 0 Å². The standard InChI is InChI=1S/C18H12Br2O2/c1-22-18(21)11-6-7-14-15(8-11)17(10-20)13-5-3-2-4-12(13)16(14)9-19/h2-10H,1H3. The van der Waals surface area contributed by atoms with Gasteiger partial charge in [0.15, 0.2) is 0 Å². The van der Waals surface area contributed by atoms with Crippen molar-refractivity contribution in [1.29, 1.82) is 0 Å². The number of hydrogen-bond acceptors (Lipinski definition) is 2. The minimum Gasteiger partial charge on any atom is -0.465 e. The van der Waals surface area contributed by atoms with Crippen LogP contribution >= 0.6 is 31.9 Å². The molecule has 0 amide bonds. The van der Waals surface area contributed by atoms with E-state index < -0.39 is 0 Å². The molecule has 0 aliphatic rings. The zero-order chi connectivity index (χ0) is 15.7. The van der Waals surface area contributed by atoms with Gasteiger partial charge in [-0.2, -0.15) is 0 Å². The molecule has 0 N–H and O–H groups in total. The van der Waals surface area contributed by atoms with E-state index in [9.17, 15) is 4.79 Å². The summed E-state index contributed by atoms with van der Waals surface area (Å²) < 4.78 is 4.82. The van der Waals surface area contributed by atoms with Crippen LogP contribution in [0.2, 0.25) is 0 Å². The summed E-state index contributed by atoms with van der Waals surface area (Å²) in [5.74, 6) is -0.333. The zero-order valence-electron chi connectivity index (χ0n) is 11.8. The first kappa shape index (κ1) is 15.3. The molecule has 0 aliphatic heterocycles. The number of esters is 1. The summed E-state index contributed by atoms with van der Waals surface area (Å²) in [6, 6.07) is 13.8. The summed E-state index contributed by atoms with van der Waals surface area (Å²) >= 11 is 6.93. The Balaban J connectivity index is 2.60. The van der Waals surface area contributed by atoms with E-state index >= 15 is 0 Å². The van der Waals surface area contributed by atoms with E-state index in [0.717, 1.165) is 32.0 Å². The lowest BCUT2D eigenvalue weighted by molar-refractivity contribution is 0.0601. The van der Waals surface area contributed by atoms with Crippen LogP contribution in [-0.2, 0) is 4.74 Å². The molecule has 2 nitrogen and oxygen atoms in total. The molecule has 3 rings (SSSR count). The Bertz CT molecular complexity index is 1010. The van der Waals surface area contributed by atoms with Crippen molar-refractivity contribution in [2.24, 2.45) is 0 Å². The molecule has 22 heavy (non-hydrogen) atoms. The Labute approximate surface area is 144 Å². The van der Waals surface area contributed by atoms with Crippen LogP contribution in [-0.4, -0.2) is 13.1 Å². The van der Waals surface area contributed by atoms with Gasteiger partial charge in [-0.05, 0) is 54.1 Å². The van der Waals surface area contributed by atoms with Crippen LogP contribution in [0.25, 0.3) is 31.5 Å². The average Bonchev–Trinajstić information content (AvgIpc) is 2.58. The summed E-state index contributed by atoms with van der Waals surface area (Å²) in [6.45, 7) is 0. The fraction of sp³-hybridized carbons (Fsp3) is 0.0556. The Kier molecular flexibility index (Phi) is 4.32. The molecule has 3 aromatic carbocycles. The first-order chi connectivity index (χ1) is 10.7. The third-order valence-electron chi connectivity index (χ3n) is 3.75. The maximum absolute atomic E-state index is 11.8. The number of carbonyl (C=O) groups is 1. The van der Waals surface area contributed by atoms with E-state index in [2.05, 4.69) is 44.0 Å². The molecule has 4 heteroatoms. The highest BCUT2D eigenvalue weighted by molar-refractivity contribution is 9.14. The summed E-state index contributed by atoms with van der Waals surface area (Å²) in [7, 11) is 1.39. The summed E-state index contributed by atoms with van der Waals surface area (Å²) in [6.07, 6.45) is 0. The van der Waals surface area contributed by atoms with Gasteiger partial charge in [-0.3, -0.25) is 0 Å². The summed E-state index contributed by atoms with van der Waals surface area (Å²) in [5.41, 5.74) is 0.543. The smallest absolute Gasteiger partial charge is 0.337 e. The molecule has 0 fully saturated rings. The topological polar surface area (TPSA) is 26.3 Å². The molecular weight excluding hydrogens is 408 g/mol. The maximum Gasteiger partial charge on any atom is 0.337 e. The molecule has 0 spiro atoms. The molecular formula is C18H12Br2O2. The maximum atomic E-state index is 11.8. The van der Waals surface area contributed by atoms with E-state index in [1.165, 1.54) is 7.11 Å². The van der Waals surface area contributed by atoms with Crippen molar-refractivity contribution in [3.63, 3.8) is 0 Å². The van der Waals surface area contributed by atoms with E-state index in [0.29, 0.717) is 5.56 Å². The molecule has 0 saturated carbocycles. The fourth-order valence-corrected chi connectivity index (χ4v) is 3.71. The van der Waals surface area contributed by atoms with Gasteiger partial charge >= 0.3 is 5.97 Å². The predicted molar refractivity (Wildman–Crippen MR) is 98.8 cm³/mol. The van der Waals surface area contributed by atoms with Crippen LogP contribution < -0.4 is 10.4 Å². The molecule has 0 bridgehead atoms. The third-order valence-corrected chi connectivity index (χ3v) is 4.66. The van der Waals surface area contributed by atoms with Crippen LogP contribution in [0, 0.1) is 0 Å². The second kappa shape index (κ2) is 6.23. The second-order valence-electron chi connectivity index (χ2n) is 4.84. The van der Waals surface area contributed by atoms with Gasteiger partial charge in [0.2, 0.25) is 0 Å². The van der Waals surface area contributed by atoms with Crippen molar-refractivity contribution in [2.45, 2.75) is 0 Å². The molecule has 0 aromatic heterocycles. The molecule has 3 aromatic rings. The average molecular weight is 420 g/mol. The number of rotatable bonds is 1. The molecule has 0 unspecified atom stereocenters. The monoisotopic (exact) mass is 418 g/mol. The molecule has 110 valence electrons. The van der Waals surface area contributed by atoms with Crippen LogP contribution in [0.15, 0.2) is 42.5 Å². The van der Waals surface area contributed by atoms with Gasteiger partial charge < -0.3 is 4.74 Å². The van der Waals surface area contributed by atoms with Gasteiger partial charge in [0.05, 0.1) is 12.7 Å². The second-order valence-corrected chi connectivity index (χ2v) is 5.76. The highest BCUT2D eigenvalue weighted by Gasteiger charge is 2.10. The molecule has 0 heterocycles. The van der Waals surface area contributed by atoms with Crippen molar-refractivity contribution in [2.75, 3.05) is 7.11 Å². The number of hydrogen-bond donors (Lipinski definition) is 0. The normalized spacial score (nSPS) is 13.0. The van der Waals surface area contributed by atoms with Crippen molar-refractivity contribution in [1.82, 2.24) is 0 Å². The third kappa shape index (κ3) is 2.36. The Morgan fingerprint density at radius 1 is 0.909 bits per heavy atom. The molecule has 0 radical (unpaired) electrons. The number of benzene rings is 3. The van der Waals surface area contributed by atoms with Crippen molar-refractivity contribution >= 4 is 69.3 Å². The van der Waals surface area contributed by atoms with Crippen LogP contribution in [0.1, 0.15) is 10.4 Å². The number of methoxy groups -OCH3 is 1. The van der Waals surface area contributed by atoms with Crippen molar-refractivity contribution < 1.29 is 9.53 Å². The van der Waals surface area contributed by atoms with E-state index in [4.69, 9.17) is 4.74 Å². The highest BCUT2D eigenvalue weighted by Crippen LogP contribution is 2.17. The Morgan fingerprint density at radius 2 is 1.45 bits per heavy atom. The zero-order valence-corrected chi connectivity index (χ0v) is 14.9. The number of ether oxygens (including phenoxy) is 1. The van der Waals surface area contributed by atoms with Gasteiger partial charge in [-0.15, -0.1) is 0 Å². The van der Waals surface area contributed by atoms with Crippen LogP contribution in [0.5, 0.6) is 0 Å². The van der Waals surface area contributed by atoms with Crippen molar-refractivity contribution in [3.8, 4) is 0 Å². The van der Waals surface area contributed by atoms with E-state index in [1.54, 1.807) is 6.07 Å². The van der Waals surface area contributed by atoms with Gasteiger partial charge in [0, 0.05) is 0 Å². The summed E-state index contributed by atoms with van der Waals surface area (Å²) in [4.78, 5) is 15.6. The first-order valence-electron chi connectivity index (χ1n) is 6.65. The molecule has 0 aliphatic carbocycles. The minimum atomic E-state index is -0.333. The van der Waals surface area contributed by atoms with E-state index in [-0.39, 0.29) is 5.97 Å². The fourth-order valence-electron chi connectivity index (χ4n) is 2.72. The SMILES string of the molecule is COC(=O)c1ccc2c(=CBr)c3ccccc3c(=CBr)c2c1. The number of fused-ring (bicyclic) bond motifs is 2. The summed E-state index contributed by atoms with van der Waals surface area (Å²) in [5, 5.41) is 6.51.